The number of nitrogens with one attached hydrogen (secondary N) is 1. The highest BCUT2D eigenvalue weighted by molar-refractivity contribution is 6.27. The molecule has 0 aliphatic carbocycles. The van der Waals surface area contributed by atoms with Crippen LogP contribution in [0.3, 0.4) is 0 Å². The van der Waals surface area contributed by atoms with Gasteiger partial charge in [-0.05, 0) is 35.6 Å². The Morgan fingerprint density at radius 3 is 2.30 bits per heavy atom. The Balaban J connectivity index is 1.72. The molecule has 33 heavy (non-hydrogen) atoms. The third kappa shape index (κ3) is 4.22. The molecular formula is C26H24N2O5. The van der Waals surface area contributed by atoms with Crippen LogP contribution in [0.5, 0.6) is 0 Å². The molecule has 3 aromatic carbocycles. The zero-order valence-electron chi connectivity index (χ0n) is 18.2. The van der Waals surface area contributed by atoms with E-state index in [9.17, 15) is 24.3 Å². The van der Waals surface area contributed by atoms with Gasteiger partial charge >= 0.3 is 5.97 Å². The lowest BCUT2D eigenvalue weighted by Gasteiger charge is -2.33. The van der Waals surface area contributed by atoms with Crippen molar-refractivity contribution in [2.45, 2.75) is 38.8 Å². The molecule has 1 atom stereocenters. The van der Waals surface area contributed by atoms with E-state index in [1.54, 1.807) is 30.3 Å². The minimum atomic E-state index is -1.07. The molecule has 7 heteroatoms. The monoisotopic (exact) mass is 444 g/mol. The summed E-state index contributed by atoms with van der Waals surface area (Å²) in [4.78, 5) is 52.0. The van der Waals surface area contributed by atoms with Gasteiger partial charge in [0.2, 0.25) is 0 Å². The molecule has 4 rings (SSSR count). The maximum atomic E-state index is 13.3. The molecule has 1 heterocycles. The van der Waals surface area contributed by atoms with E-state index in [0.29, 0.717) is 46.8 Å². The van der Waals surface area contributed by atoms with Crippen LogP contribution in [-0.2, 0) is 11.3 Å². The molecule has 2 N–H and O–H groups in total. The van der Waals surface area contributed by atoms with Crippen molar-refractivity contribution in [2.24, 2.45) is 0 Å². The average molecular weight is 444 g/mol. The third-order valence-electron chi connectivity index (χ3n) is 5.88. The van der Waals surface area contributed by atoms with Crippen LogP contribution >= 0.6 is 0 Å². The first-order chi connectivity index (χ1) is 15.9. The largest absolute Gasteiger partial charge is 0.481 e. The van der Waals surface area contributed by atoms with Gasteiger partial charge in [0.25, 0.3) is 17.7 Å². The fraction of sp³-hybridized carbons (Fsp3) is 0.231. The fourth-order valence-corrected chi connectivity index (χ4v) is 4.38. The molecule has 0 bridgehead atoms. The number of hydrogen-bond acceptors (Lipinski definition) is 4. The van der Waals surface area contributed by atoms with Crippen LogP contribution in [-0.4, -0.2) is 39.7 Å². The van der Waals surface area contributed by atoms with E-state index in [2.05, 4.69) is 5.32 Å². The molecule has 1 unspecified atom stereocenters. The molecule has 7 nitrogen and oxygen atoms in total. The Hall–Kier alpha value is -4.00. The Bertz CT molecular complexity index is 1230. The summed E-state index contributed by atoms with van der Waals surface area (Å²) in [6, 6.07) is 16.9. The van der Waals surface area contributed by atoms with Crippen LogP contribution < -0.4 is 5.32 Å². The number of carboxylic acid groups (broad SMARTS) is 1. The van der Waals surface area contributed by atoms with Crippen molar-refractivity contribution >= 4 is 34.5 Å². The standard InChI is InChI=1S/C26H24N2O5/c1-2-7-17(14-22(29)30)28-25(32)20-11-6-10-18-19(12-13-21(23(18)20)26(28)33)24(31)27-15-16-8-4-3-5-9-16/h3-6,8-13,17H,2,7,14-15H2,1H3,(H,27,31)(H,29,30). The van der Waals surface area contributed by atoms with Crippen molar-refractivity contribution in [3.05, 3.63) is 82.9 Å². The lowest BCUT2D eigenvalue weighted by molar-refractivity contribution is -0.138. The topological polar surface area (TPSA) is 104 Å². The molecule has 0 saturated heterocycles. The van der Waals surface area contributed by atoms with Gasteiger partial charge < -0.3 is 10.4 Å². The summed E-state index contributed by atoms with van der Waals surface area (Å²) in [7, 11) is 0. The van der Waals surface area contributed by atoms with E-state index in [0.717, 1.165) is 10.5 Å². The van der Waals surface area contributed by atoms with Gasteiger partial charge in [0.15, 0.2) is 0 Å². The fourth-order valence-electron chi connectivity index (χ4n) is 4.38. The first kappa shape index (κ1) is 22.2. The zero-order valence-corrected chi connectivity index (χ0v) is 18.2. The number of nitrogens with zero attached hydrogens (tertiary/aromatic N) is 1. The minimum Gasteiger partial charge on any atom is -0.481 e. The SMILES string of the molecule is CCCC(CC(=O)O)N1C(=O)c2cccc3c(C(=O)NCc4ccccc4)ccc(c23)C1=O. The van der Waals surface area contributed by atoms with E-state index >= 15 is 0 Å². The highest BCUT2D eigenvalue weighted by atomic mass is 16.4. The number of aliphatic carboxylic acids is 1. The Morgan fingerprint density at radius 2 is 1.64 bits per heavy atom. The van der Waals surface area contributed by atoms with Crippen molar-refractivity contribution in [1.29, 1.82) is 0 Å². The number of hydrogen-bond donors (Lipinski definition) is 2. The Kier molecular flexibility index (Phi) is 6.22. The number of imide groups is 1. The van der Waals surface area contributed by atoms with E-state index in [1.807, 2.05) is 37.3 Å². The van der Waals surface area contributed by atoms with Gasteiger partial charge in [0, 0.05) is 28.6 Å². The van der Waals surface area contributed by atoms with Gasteiger partial charge in [-0.25, -0.2) is 0 Å². The highest BCUT2D eigenvalue weighted by Crippen LogP contribution is 2.34. The summed E-state index contributed by atoms with van der Waals surface area (Å²) in [5.74, 6) is -2.43. The molecule has 1 aliphatic heterocycles. The molecule has 0 saturated carbocycles. The summed E-state index contributed by atoms with van der Waals surface area (Å²) in [6.45, 7) is 2.23. The molecule has 0 fully saturated rings. The lowest BCUT2D eigenvalue weighted by Crippen LogP contribution is -2.48. The normalized spacial score (nSPS) is 13.8. The van der Waals surface area contributed by atoms with Gasteiger partial charge in [-0.3, -0.25) is 24.1 Å². The Labute approximate surface area is 191 Å². The molecule has 0 radical (unpaired) electrons. The van der Waals surface area contributed by atoms with Gasteiger partial charge in [0.05, 0.1) is 12.5 Å². The average Bonchev–Trinajstić information content (AvgIpc) is 2.81. The summed E-state index contributed by atoms with van der Waals surface area (Å²) in [5.41, 5.74) is 1.92. The third-order valence-corrected chi connectivity index (χ3v) is 5.88. The molecule has 0 aromatic heterocycles. The zero-order chi connectivity index (χ0) is 23.5. The van der Waals surface area contributed by atoms with Crippen LogP contribution in [0.4, 0.5) is 0 Å². The van der Waals surface area contributed by atoms with E-state index in [1.165, 1.54) is 0 Å². The first-order valence-corrected chi connectivity index (χ1v) is 10.9. The number of carbonyl (C=O) groups is 4. The molecule has 1 aliphatic rings. The van der Waals surface area contributed by atoms with Gasteiger partial charge in [-0.15, -0.1) is 0 Å². The molecule has 3 aromatic rings. The van der Waals surface area contributed by atoms with Crippen LogP contribution in [0.1, 0.15) is 62.8 Å². The second-order valence-electron chi connectivity index (χ2n) is 8.08. The summed E-state index contributed by atoms with van der Waals surface area (Å²) in [6.07, 6.45) is 0.720. The molecule has 168 valence electrons. The number of carboxylic acids is 1. The lowest BCUT2D eigenvalue weighted by atomic mass is 9.89. The molecular weight excluding hydrogens is 420 g/mol. The van der Waals surface area contributed by atoms with Crippen molar-refractivity contribution < 1.29 is 24.3 Å². The molecule has 0 spiro atoms. The molecule has 3 amide bonds. The van der Waals surface area contributed by atoms with Crippen molar-refractivity contribution in [2.75, 3.05) is 0 Å². The van der Waals surface area contributed by atoms with E-state index in [-0.39, 0.29) is 12.3 Å². The second kappa shape index (κ2) is 9.24. The quantitative estimate of drug-likeness (QED) is 0.511. The maximum Gasteiger partial charge on any atom is 0.305 e. The number of benzene rings is 3. The van der Waals surface area contributed by atoms with Crippen LogP contribution in [0.2, 0.25) is 0 Å². The minimum absolute atomic E-state index is 0.298. The summed E-state index contributed by atoms with van der Waals surface area (Å²) in [5, 5.41) is 13.1. The van der Waals surface area contributed by atoms with Crippen molar-refractivity contribution in [3.8, 4) is 0 Å². The smallest absolute Gasteiger partial charge is 0.305 e. The number of carbonyl (C=O) groups excluding carboxylic acids is 3. The predicted octanol–water partition coefficient (Wildman–Crippen LogP) is 4.01. The van der Waals surface area contributed by atoms with Gasteiger partial charge in [-0.2, -0.15) is 0 Å². The van der Waals surface area contributed by atoms with Crippen LogP contribution in [0.15, 0.2) is 60.7 Å². The number of rotatable bonds is 8. The van der Waals surface area contributed by atoms with Crippen LogP contribution in [0, 0.1) is 0 Å². The van der Waals surface area contributed by atoms with Gasteiger partial charge in [-0.1, -0.05) is 55.8 Å². The number of amides is 3. The highest BCUT2D eigenvalue weighted by Gasteiger charge is 2.38. The first-order valence-electron chi connectivity index (χ1n) is 10.9. The summed E-state index contributed by atoms with van der Waals surface area (Å²) >= 11 is 0. The summed E-state index contributed by atoms with van der Waals surface area (Å²) < 4.78 is 0. The van der Waals surface area contributed by atoms with Gasteiger partial charge in [0.1, 0.15) is 0 Å². The van der Waals surface area contributed by atoms with E-state index in [4.69, 9.17) is 0 Å². The van der Waals surface area contributed by atoms with Crippen molar-refractivity contribution in [3.63, 3.8) is 0 Å². The maximum absolute atomic E-state index is 13.3. The van der Waals surface area contributed by atoms with Crippen LogP contribution in [0.25, 0.3) is 10.8 Å². The Morgan fingerprint density at radius 1 is 0.939 bits per heavy atom. The van der Waals surface area contributed by atoms with E-state index < -0.39 is 23.8 Å². The second-order valence-corrected chi connectivity index (χ2v) is 8.08. The van der Waals surface area contributed by atoms with Crippen molar-refractivity contribution in [1.82, 2.24) is 10.2 Å². The predicted molar refractivity (Wildman–Crippen MR) is 123 cm³/mol.